The summed E-state index contributed by atoms with van der Waals surface area (Å²) in [6.07, 6.45) is 1.29. The number of amides is 3. The maximum atomic E-state index is 13.7. The molecule has 144 valence electrons. The molecular weight excluding hydrogens is 353 g/mol. The molecule has 2 aliphatic rings. The highest BCUT2D eigenvalue weighted by Gasteiger charge is 2.33. The molecule has 2 saturated heterocycles. The number of hydrogen-bond acceptors (Lipinski definition) is 5. The predicted molar refractivity (Wildman–Crippen MR) is 96.4 cm³/mol. The van der Waals surface area contributed by atoms with E-state index < -0.39 is 24.0 Å². The van der Waals surface area contributed by atoms with Crippen LogP contribution in [-0.4, -0.2) is 61.3 Å². The average molecular weight is 375 g/mol. The molecule has 0 radical (unpaired) electrons. The highest BCUT2D eigenvalue weighted by molar-refractivity contribution is 6.06. The third-order valence-corrected chi connectivity index (χ3v) is 5.12. The summed E-state index contributed by atoms with van der Waals surface area (Å²) in [5, 5.41) is 2.22. The van der Waals surface area contributed by atoms with Crippen molar-refractivity contribution >= 4 is 29.7 Å². The molecule has 0 saturated carbocycles. The summed E-state index contributed by atoms with van der Waals surface area (Å²) in [5.74, 6) is -1.37. The zero-order valence-corrected chi connectivity index (χ0v) is 15.1. The van der Waals surface area contributed by atoms with E-state index in [2.05, 4.69) is 5.32 Å². The number of carbonyl (C=O) groups is 4. The largest absolute Gasteiger partial charge is 0.369 e. The topological polar surface area (TPSA) is 86.8 Å². The molecule has 0 bridgehead atoms. The average Bonchev–Trinajstić information content (AvgIpc) is 2.66. The Balaban J connectivity index is 1.86. The Hall–Kier alpha value is -2.77. The van der Waals surface area contributed by atoms with E-state index in [1.54, 1.807) is 12.1 Å². The van der Waals surface area contributed by atoms with Gasteiger partial charge < -0.3 is 9.80 Å². The Morgan fingerprint density at radius 2 is 2.11 bits per heavy atom. The van der Waals surface area contributed by atoms with Crippen LogP contribution < -0.4 is 10.2 Å². The molecule has 2 aliphatic heterocycles. The van der Waals surface area contributed by atoms with E-state index in [0.717, 1.165) is 6.42 Å². The third kappa shape index (κ3) is 3.99. The number of aldehydes is 1. The van der Waals surface area contributed by atoms with Crippen LogP contribution >= 0.6 is 0 Å². The van der Waals surface area contributed by atoms with Crippen molar-refractivity contribution in [2.75, 3.05) is 25.0 Å². The zero-order chi connectivity index (χ0) is 19.6. The molecule has 7 nitrogen and oxygen atoms in total. The molecule has 1 aromatic rings. The lowest BCUT2D eigenvalue weighted by Crippen LogP contribution is -2.53. The number of rotatable bonds is 4. The van der Waals surface area contributed by atoms with Crippen LogP contribution in [0.3, 0.4) is 0 Å². The van der Waals surface area contributed by atoms with Crippen LogP contribution in [0.5, 0.6) is 0 Å². The number of anilines is 1. The fourth-order valence-electron chi connectivity index (χ4n) is 3.57. The van der Waals surface area contributed by atoms with Crippen molar-refractivity contribution in [3.05, 3.63) is 29.3 Å². The SMILES string of the molecule is CN(C(=O)c1cc(N2CCCC(F)C2)ccc1C=O)C1CCC(=O)NC1=O. The Labute approximate surface area is 156 Å². The number of carbonyl (C=O) groups excluding carboxylic acids is 4. The van der Waals surface area contributed by atoms with E-state index in [4.69, 9.17) is 0 Å². The number of halogens is 1. The molecule has 0 aromatic heterocycles. The second kappa shape index (κ2) is 7.85. The van der Waals surface area contributed by atoms with Gasteiger partial charge in [-0.05, 0) is 37.5 Å². The smallest absolute Gasteiger partial charge is 0.255 e. The number of imide groups is 1. The van der Waals surface area contributed by atoms with Crippen LogP contribution in [0, 0.1) is 0 Å². The number of nitrogens with one attached hydrogen (secondary N) is 1. The molecule has 3 amide bonds. The molecule has 8 heteroatoms. The van der Waals surface area contributed by atoms with Crippen molar-refractivity contribution in [2.24, 2.45) is 0 Å². The Kier molecular flexibility index (Phi) is 5.53. The fourth-order valence-corrected chi connectivity index (χ4v) is 3.57. The zero-order valence-electron chi connectivity index (χ0n) is 15.1. The summed E-state index contributed by atoms with van der Waals surface area (Å²) < 4.78 is 13.7. The first-order chi connectivity index (χ1) is 12.9. The predicted octanol–water partition coefficient (Wildman–Crippen LogP) is 1.31. The molecule has 1 N–H and O–H groups in total. The standard InChI is InChI=1S/C19H22FN3O4/c1-22(16-6-7-17(25)21-18(16)26)19(27)15-9-14(5-4-12(15)11-24)23-8-2-3-13(20)10-23/h4-5,9,11,13,16H,2-3,6-8,10H2,1H3,(H,21,25,26). The molecule has 0 spiro atoms. The monoisotopic (exact) mass is 375 g/mol. The molecule has 0 aliphatic carbocycles. The molecule has 3 rings (SSSR count). The van der Waals surface area contributed by atoms with Crippen molar-refractivity contribution in [1.82, 2.24) is 10.2 Å². The molecule has 2 heterocycles. The summed E-state index contributed by atoms with van der Waals surface area (Å²) in [5.41, 5.74) is 1.04. The van der Waals surface area contributed by atoms with Gasteiger partial charge in [-0.2, -0.15) is 0 Å². The molecule has 2 fully saturated rings. The minimum atomic E-state index is -0.921. The van der Waals surface area contributed by atoms with Crippen LogP contribution in [0.2, 0.25) is 0 Å². The van der Waals surface area contributed by atoms with Gasteiger partial charge in [-0.15, -0.1) is 0 Å². The molecular formula is C19H22FN3O4. The van der Waals surface area contributed by atoms with E-state index in [-0.39, 0.29) is 36.4 Å². The van der Waals surface area contributed by atoms with Crippen LogP contribution in [0.15, 0.2) is 18.2 Å². The van der Waals surface area contributed by atoms with Crippen molar-refractivity contribution in [3.63, 3.8) is 0 Å². The lowest BCUT2D eigenvalue weighted by Gasteiger charge is -2.32. The van der Waals surface area contributed by atoms with Crippen molar-refractivity contribution in [2.45, 2.75) is 37.9 Å². The van der Waals surface area contributed by atoms with E-state index >= 15 is 0 Å². The number of likely N-dealkylation sites (N-methyl/N-ethyl adjacent to an activating group) is 1. The number of hydrogen-bond donors (Lipinski definition) is 1. The maximum absolute atomic E-state index is 13.7. The van der Waals surface area contributed by atoms with Crippen LogP contribution in [-0.2, 0) is 9.59 Å². The van der Waals surface area contributed by atoms with E-state index in [1.807, 2.05) is 4.90 Å². The van der Waals surface area contributed by atoms with Crippen molar-refractivity contribution in [1.29, 1.82) is 0 Å². The second-order valence-electron chi connectivity index (χ2n) is 6.96. The molecule has 2 atom stereocenters. The Morgan fingerprint density at radius 3 is 2.78 bits per heavy atom. The molecule has 27 heavy (non-hydrogen) atoms. The fraction of sp³-hybridized carbons (Fsp3) is 0.474. The Morgan fingerprint density at radius 1 is 1.33 bits per heavy atom. The van der Waals surface area contributed by atoms with Gasteiger partial charge >= 0.3 is 0 Å². The van der Waals surface area contributed by atoms with Gasteiger partial charge in [0.1, 0.15) is 12.2 Å². The van der Waals surface area contributed by atoms with Gasteiger partial charge in [0.2, 0.25) is 11.8 Å². The second-order valence-corrected chi connectivity index (χ2v) is 6.96. The van der Waals surface area contributed by atoms with Crippen LogP contribution in [0.1, 0.15) is 46.4 Å². The molecule has 1 aromatic carbocycles. The van der Waals surface area contributed by atoms with E-state index in [1.165, 1.54) is 18.0 Å². The van der Waals surface area contributed by atoms with Gasteiger partial charge in [-0.3, -0.25) is 24.5 Å². The lowest BCUT2D eigenvalue weighted by molar-refractivity contribution is -0.136. The number of benzene rings is 1. The van der Waals surface area contributed by atoms with Crippen molar-refractivity contribution < 1.29 is 23.6 Å². The number of nitrogens with zero attached hydrogens (tertiary/aromatic N) is 2. The normalized spacial score (nSPS) is 23.0. The summed E-state index contributed by atoms with van der Waals surface area (Å²) in [4.78, 5) is 50.8. The summed E-state index contributed by atoms with van der Waals surface area (Å²) >= 11 is 0. The third-order valence-electron chi connectivity index (χ3n) is 5.12. The van der Waals surface area contributed by atoms with Gasteiger partial charge in [-0.1, -0.05) is 0 Å². The van der Waals surface area contributed by atoms with Crippen molar-refractivity contribution in [3.8, 4) is 0 Å². The summed E-state index contributed by atoms with van der Waals surface area (Å²) in [7, 11) is 1.47. The van der Waals surface area contributed by atoms with E-state index in [9.17, 15) is 23.6 Å². The number of piperidine rings is 2. The number of alkyl halides is 1. The lowest BCUT2D eigenvalue weighted by atomic mass is 10.0. The minimum absolute atomic E-state index is 0.153. The first kappa shape index (κ1) is 19.0. The van der Waals surface area contributed by atoms with E-state index in [0.29, 0.717) is 24.9 Å². The van der Waals surface area contributed by atoms with Gasteiger partial charge in [0.05, 0.1) is 5.56 Å². The maximum Gasteiger partial charge on any atom is 0.255 e. The quantitative estimate of drug-likeness (QED) is 0.634. The first-order valence-corrected chi connectivity index (χ1v) is 9.00. The highest BCUT2D eigenvalue weighted by atomic mass is 19.1. The highest BCUT2D eigenvalue weighted by Crippen LogP contribution is 2.25. The summed E-state index contributed by atoms with van der Waals surface area (Å²) in [6, 6.07) is 4.04. The first-order valence-electron chi connectivity index (χ1n) is 9.00. The van der Waals surface area contributed by atoms with Crippen LogP contribution in [0.4, 0.5) is 10.1 Å². The van der Waals surface area contributed by atoms with Gasteiger partial charge in [0.25, 0.3) is 5.91 Å². The van der Waals surface area contributed by atoms with Crippen LogP contribution in [0.25, 0.3) is 0 Å². The minimum Gasteiger partial charge on any atom is -0.369 e. The summed E-state index contributed by atoms with van der Waals surface area (Å²) in [6.45, 7) is 0.925. The molecule has 2 unspecified atom stereocenters. The Bertz CT molecular complexity index is 782. The van der Waals surface area contributed by atoms with Gasteiger partial charge in [0, 0.05) is 37.8 Å². The van der Waals surface area contributed by atoms with Gasteiger partial charge in [0.15, 0.2) is 6.29 Å². The van der Waals surface area contributed by atoms with Gasteiger partial charge in [-0.25, -0.2) is 4.39 Å².